The molecule has 0 saturated carbocycles. The molecule has 2 heterocycles. The van der Waals surface area contributed by atoms with Crippen LogP contribution in [0.5, 0.6) is 0 Å². The number of anilines is 1. The number of piperidine rings is 1. The molecule has 8 nitrogen and oxygen atoms in total. The van der Waals surface area contributed by atoms with Gasteiger partial charge in [-0.15, -0.1) is 0 Å². The number of aliphatic hydroxyl groups is 1. The van der Waals surface area contributed by atoms with E-state index in [1.807, 2.05) is 11.0 Å². The minimum Gasteiger partial charge on any atom is -0.391 e. The monoisotopic (exact) mass is 356 g/mol. The summed E-state index contributed by atoms with van der Waals surface area (Å²) in [5.41, 5.74) is 0.867. The van der Waals surface area contributed by atoms with Gasteiger partial charge < -0.3 is 15.3 Å². The summed E-state index contributed by atoms with van der Waals surface area (Å²) in [6, 6.07) is 3.68. The number of nitrogens with one attached hydrogen (secondary N) is 1. The van der Waals surface area contributed by atoms with Crippen molar-refractivity contribution in [2.24, 2.45) is 5.14 Å². The fraction of sp³-hybridized carbons (Fsp3) is 0.600. The van der Waals surface area contributed by atoms with E-state index in [0.717, 1.165) is 30.8 Å². The van der Waals surface area contributed by atoms with E-state index < -0.39 is 10.0 Å². The summed E-state index contributed by atoms with van der Waals surface area (Å²) in [6.07, 6.45) is 3.32. The Labute approximate surface area is 142 Å². The average Bonchev–Trinajstić information content (AvgIpc) is 2.52. The number of aromatic nitrogens is 1. The number of aliphatic hydroxyl groups excluding tert-OH is 1. The van der Waals surface area contributed by atoms with Crippen molar-refractivity contribution in [1.29, 1.82) is 0 Å². The van der Waals surface area contributed by atoms with Gasteiger partial charge in [0.1, 0.15) is 5.82 Å². The minimum atomic E-state index is -3.53. The number of primary sulfonamides is 1. The highest BCUT2D eigenvalue weighted by Crippen LogP contribution is 2.21. The van der Waals surface area contributed by atoms with Crippen LogP contribution in [0.4, 0.5) is 5.82 Å². The molecule has 1 aromatic heterocycles. The third-order valence-electron chi connectivity index (χ3n) is 3.87. The van der Waals surface area contributed by atoms with Crippen molar-refractivity contribution in [3.63, 3.8) is 0 Å². The number of sulfonamides is 1. The first-order valence-electron chi connectivity index (χ1n) is 7.99. The maximum Gasteiger partial charge on any atom is 0.220 e. The topological polar surface area (TPSA) is 126 Å². The molecule has 9 heteroatoms. The number of β-amino-alcohol motifs (C(OH)–C–C–N with tert-alkyl or cyclic N) is 1. The van der Waals surface area contributed by atoms with E-state index in [1.54, 1.807) is 12.3 Å². The Kier molecular flexibility index (Phi) is 6.52. The van der Waals surface area contributed by atoms with Gasteiger partial charge in [-0.1, -0.05) is 6.07 Å². The third-order valence-corrected chi connectivity index (χ3v) is 4.73. The number of carbonyl (C=O) groups is 1. The molecular formula is C15H24N4O4S. The highest BCUT2D eigenvalue weighted by atomic mass is 32.2. The molecular weight excluding hydrogens is 332 g/mol. The smallest absolute Gasteiger partial charge is 0.220 e. The van der Waals surface area contributed by atoms with Gasteiger partial charge in [-0.25, -0.2) is 18.5 Å². The van der Waals surface area contributed by atoms with Crippen LogP contribution in [0.25, 0.3) is 0 Å². The second kappa shape index (κ2) is 8.41. The van der Waals surface area contributed by atoms with Gasteiger partial charge in [0.15, 0.2) is 0 Å². The van der Waals surface area contributed by atoms with Crippen molar-refractivity contribution in [2.75, 3.05) is 23.7 Å². The number of nitrogens with two attached hydrogens (primary N) is 1. The lowest BCUT2D eigenvalue weighted by Gasteiger charge is -2.32. The predicted molar refractivity (Wildman–Crippen MR) is 90.7 cm³/mol. The Hall–Kier alpha value is -1.71. The summed E-state index contributed by atoms with van der Waals surface area (Å²) in [5, 5.41) is 17.5. The van der Waals surface area contributed by atoms with Gasteiger partial charge in [-0.05, 0) is 25.3 Å². The van der Waals surface area contributed by atoms with Gasteiger partial charge in [-0.2, -0.15) is 0 Å². The van der Waals surface area contributed by atoms with Gasteiger partial charge in [0.25, 0.3) is 0 Å². The number of hydrogen-bond donors (Lipinski definition) is 3. The van der Waals surface area contributed by atoms with Gasteiger partial charge in [-0.3, -0.25) is 4.79 Å². The maximum absolute atomic E-state index is 11.8. The Morgan fingerprint density at radius 3 is 3.00 bits per heavy atom. The summed E-state index contributed by atoms with van der Waals surface area (Å²) in [7, 11) is -3.53. The zero-order valence-corrected chi connectivity index (χ0v) is 14.3. The van der Waals surface area contributed by atoms with Gasteiger partial charge >= 0.3 is 0 Å². The molecule has 1 aliphatic heterocycles. The van der Waals surface area contributed by atoms with E-state index in [-0.39, 0.29) is 30.6 Å². The number of hydrogen-bond acceptors (Lipinski definition) is 6. The summed E-state index contributed by atoms with van der Waals surface area (Å²) in [6.45, 7) is 1.67. The van der Waals surface area contributed by atoms with Crippen LogP contribution in [-0.4, -0.2) is 49.4 Å². The summed E-state index contributed by atoms with van der Waals surface area (Å²) < 4.78 is 21.7. The SMILES string of the molecule is NS(=O)(=O)CCCC(=O)NCc1cccnc1N1CCC[C@@H](O)C1. The van der Waals surface area contributed by atoms with Crippen LogP contribution in [0.1, 0.15) is 31.2 Å². The summed E-state index contributed by atoms with van der Waals surface area (Å²) in [5.74, 6) is 0.331. The van der Waals surface area contributed by atoms with E-state index >= 15 is 0 Å². The molecule has 134 valence electrons. The first-order chi connectivity index (χ1) is 11.3. The molecule has 1 saturated heterocycles. The third kappa shape index (κ3) is 6.06. The molecule has 1 aromatic rings. The first kappa shape index (κ1) is 18.6. The van der Waals surface area contributed by atoms with Crippen LogP contribution in [0.3, 0.4) is 0 Å². The molecule has 0 spiro atoms. The van der Waals surface area contributed by atoms with Crippen LogP contribution >= 0.6 is 0 Å². The number of carbonyl (C=O) groups excluding carboxylic acids is 1. The second-order valence-electron chi connectivity index (χ2n) is 5.98. The Morgan fingerprint density at radius 1 is 1.50 bits per heavy atom. The van der Waals surface area contributed by atoms with Gasteiger partial charge in [0, 0.05) is 37.8 Å². The van der Waals surface area contributed by atoms with E-state index in [1.165, 1.54) is 0 Å². The van der Waals surface area contributed by atoms with Gasteiger partial charge in [0.2, 0.25) is 15.9 Å². The molecule has 4 N–H and O–H groups in total. The normalized spacial score (nSPS) is 18.4. The van der Waals surface area contributed by atoms with E-state index in [9.17, 15) is 18.3 Å². The lowest BCUT2D eigenvalue weighted by atomic mass is 10.1. The van der Waals surface area contributed by atoms with Gasteiger partial charge in [0.05, 0.1) is 11.9 Å². The van der Waals surface area contributed by atoms with Crippen molar-refractivity contribution in [2.45, 2.75) is 38.3 Å². The van der Waals surface area contributed by atoms with Crippen molar-refractivity contribution in [3.8, 4) is 0 Å². The molecule has 1 fully saturated rings. The van der Waals surface area contributed by atoms with E-state index in [0.29, 0.717) is 13.1 Å². The Balaban J connectivity index is 1.89. The number of pyridine rings is 1. The number of amides is 1. The van der Waals surface area contributed by atoms with Crippen molar-refractivity contribution < 1.29 is 18.3 Å². The molecule has 2 rings (SSSR count). The van der Waals surface area contributed by atoms with Crippen LogP contribution in [-0.2, 0) is 21.4 Å². The predicted octanol–water partition coefficient (Wildman–Crippen LogP) is -0.272. The molecule has 0 radical (unpaired) electrons. The highest BCUT2D eigenvalue weighted by Gasteiger charge is 2.21. The van der Waals surface area contributed by atoms with E-state index in [4.69, 9.17) is 5.14 Å². The van der Waals surface area contributed by atoms with Crippen LogP contribution in [0, 0.1) is 0 Å². The van der Waals surface area contributed by atoms with Crippen LogP contribution in [0.15, 0.2) is 18.3 Å². The van der Waals surface area contributed by atoms with Crippen molar-refractivity contribution in [3.05, 3.63) is 23.9 Å². The molecule has 0 unspecified atom stereocenters. The lowest BCUT2D eigenvalue weighted by Crippen LogP contribution is -2.39. The molecule has 1 aliphatic rings. The zero-order chi connectivity index (χ0) is 17.6. The maximum atomic E-state index is 11.8. The number of rotatable bonds is 7. The highest BCUT2D eigenvalue weighted by molar-refractivity contribution is 7.89. The Bertz CT molecular complexity index is 665. The van der Waals surface area contributed by atoms with Crippen LogP contribution < -0.4 is 15.4 Å². The molecule has 1 amide bonds. The lowest BCUT2D eigenvalue weighted by molar-refractivity contribution is -0.121. The standard InChI is InChI=1S/C15H24N4O4S/c16-24(22,23)9-3-6-14(21)18-10-12-4-1-7-17-15(12)19-8-2-5-13(20)11-19/h1,4,7,13,20H,2-3,5-6,8-11H2,(H,18,21)(H2,16,22,23)/t13-/m1/s1. The van der Waals surface area contributed by atoms with Crippen molar-refractivity contribution in [1.82, 2.24) is 10.3 Å². The number of nitrogens with zero attached hydrogens (tertiary/aromatic N) is 2. The quantitative estimate of drug-likeness (QED) is 0.617. The fourth-order valence-corrected chi connectivity index (χ4v) is 3.26. The Morgan fingerprint density at radius 2 is 2.29 bits per heavy atom. The molecule has 0 aliphatic carbocycles. The zero-order valence-electron chi connectivity index (χ0n) is 13.5. The summed E-state index contributed by atoms with van der Waals surface area (Å²) >= 11 is 0. The average molecular weight is 356 g/mol. The minimum absolute atomic E-state index is 0.106. The summed E-state index contributed by atoms with van der Waals surface area (Å²) in [4.78, 5) is 18.2. The fourth-order valence-electron chi connectivity index (χ4n) is 2.72. The molecule has 0 aromatic carbocycles. The van der Waals surface area contributed by atoms with E-state index in [2.05, 4.69) is 10.3 Å². The molecule has 0 bridgehead atoms. The largest absolute Gasteiger partial charge is 0.391 e. The molecule has 1 atom stereocenters. The molecule has 24 heavy (non-hydrogen) atoms. The van der Waals surface area contributed by atoms with Crippen LogP contribution in [0.2, 0.25) is 0 Å². The first-order valence-corrected chi connectivity index (χ1v) is 9.71. The van der Waals surface area contributed by atoms with Crippen molar-refractivity contribution >= 4 is 21.7 Å². The second-order valence-corrected chi connectivity index (χ2v) is 7.71.